The number of nitrogens with one attached hydrogen (secondary N) is 1. The SMILES string of the molecule is COc1ccc(CNCC(C)C)cc1Br. The second-order valence-electron chi connectivity index (χ2n) is 3.99. The fourth-order valence-electron chi connectivity index (χ4n) is 1.33. The van der Waals surface area contributed by atoms with Gasteiger partial charge < -0.3 is 10.1 Å². The lowest BCUT2D eigenvalue weighted by Crippen LogP contribution is -2.18. The summed E-state index contributed by atoms with van der Waals surface area (Å²) in [5, 5.41) is 3.40. The topological polar surface area (TPSA) is 21.3 Å². The zero-order chi connectivity index (χ0) is 11.3. The molecule has 15 heavy (non-hydrogen) atoms. The minimum atomic E-state index is 0.687. The van der Waals surface area contributed by atoms with Crippen molar-refractivity contribution in [2.75, 3.05) is 13.7 Å². The molecule has 0 aliphatic heterocycles. The first-order chi connectivity index (χ1) is 7.13. The molecule has 2 nitrogen and oxygen atoms in total. The zero-order valence-electron chi connectivity index (χ0n) is 9.51. The van der Waals surface area contributed by atoms with Crippen LogP contribution in [0.1, 0.15) is 19.4 Å². The molecule has 0 radical (unpaired) electrons. The van der Waals surface area contributed by atoms with E-state index >= 15 is 0 Å². The maximum Gasteiger partial charge on any atom is 0.133 e. The normalized spacial score (nSPS) is 10.7. The van der Waals surface area contributed by atoms with Crippen LogP contribution in [-0.2, 0) is 6.54 Å². The quantitative estimate of drug-likeness (QED) is 0.888. The van der Waals surface area contributed by atoms with Gasteiger partial charge in [-0.05, 0) is 46.1 Å². The molecule has 1 aromatic rings. The Hall–Kier alpha value is -0.540. The minimum Gasteiger partial charge on any atom is -0.496 e. The Labute approximate surface area is 100 Å². The van der Waals surface area contributed by atoms with Crippen molar-refractivity contribution >= 4 is 15.9 Å². The first-order valence-electron chi connectivity index (χ1n) is 5.16. The van der Waals surface area contributed by atoms with E-state index in [2.05, 4.69) is 47.2 Å². The maximum atomic E-state index is 5.18. The van der Waals surface area contributed by atoms with Gasteiger partial charge in [0.1, 0.15) is 5.75 Å². The van der Waals surface area contributed by atoms with Gasteiger partial charge in [-0.15, -0.1) is 0 Å². The van der Waals surface area contributed by atoms with Crippen LogP contribution in [0, 0.1) is 5.92 Å². The summed E-state index contributed by atoms with van der Waals surface area (Å²) in [6.07, 6.45) is 0. The molecule has 0 heterocycles. The minimum absolute atomic E-state index is 0.687. The van der Waals surface area contributed by atoms with E-state index in [1.54, 1.807) is 7.11 Å². The third kappa shape index (κ3) is 4.22. The Bertz CT molecular complexity index is 312. The molecule has 0 aliphatic carbocycles. The summed E-state index contributed by atoms with van der Waals surface area (Å²) in [6.45, 7) is 6.36. The first-order valence-corrected chi connectivity index (χ1v) is 5.96. The smallest absolute Gasteiger partial charge is 0.133 e. The fourth-order valence-corrected chi connectivity index (χ4v) is 1.91. The summed E-state index contributed by atoms with van der Waals surface area (Å²) in [5.74, 6) is 1.56. The van der Waals surface area contributed by atoms with Gasteiger partial charge in [0.25, 0.3) is 0 Å². The molecule has 0 spiro atoms. The number of halogens is 1. The number of hydrogen-bond donors (Lipinski definition) is 1. The maximum absolute atomic E-state index is 5.18. The third-order valence-corrected chi connectivity index (χ3v) is 2.72. The standard InChI is InChI=1S/C12H18BrNO/c1-9(2)7-14-8-10-4-5-12(15-3)11(13)6-10/h4-6,9,14H,7-8H2,1-3H3. The van der Waals surface area contributed by atoms with Crippen molar-refractivity contribution in [1.82, 2.24) is 5.32 Å². The molecule has 0 amide bonds. The Kier molecular flexibility index (Phi) is 5.12. The van der Waals surface area contributed by atoms with Crippen LogP contribution in [0.5, 0.6) is 5.75 Å². The van der Waals surface area contributed by atoms with Crippen LogP contribution in [0.25, 0.3) is 0 Å². The summed E-state index contributed by atoms with van der Waals surface area (Å²) in [6, 6.07) is 6.15. The summed E-state index contributed by atoms with van der Waals surface area (Å²) in [4.78, 5) is 0. The molecule has 0 aromatic heterocycles. The molecule has 3 heteroatoms. The van der Waals surface area contributed by atoms with E-state index in [9.17, 15) is 0 Å². The van der Waals surface area contributed by atoms with E-state index in [0.717, 1.165) is 23.3 Å². The third-order valence-electron chi connectivity index (χ3n) is 2.10. The molecule has 0 fully saturated rings. The molecule has 84 valence electrons. The molecule has 0 unspecified atom stereocenters. The van der Waals surface area contributed by atoms with Gasteiger partial charge in [0.15, 0.2) is 0 Å². The van der Waals surface area contributed by atoms with Crippen molar-refractivity contribution in [2.24, 2.45) is 5.92 Å². The van der Waals surface area contributed by atoms with Crippen LogP contribution in [0.3, 0.4) is 0 Å². The Morgan fingerprint density at radius 3 is 2.67 bits per heavy atom. The second-order valence-corrected chi connectivity index (χ2v) is 4.85. The highest BCUT2D eigenvalue weighted by Gasteiger charge is 2.01. The molecule has 0 saturated heterocycles. The fraction of sp³-hybridized carbons (Fsp3) is 0.500. The molecule has 0 saturated carbocycles. The Morgan fingerprint density at radius 1 is 1.40 bits per heavy atom. The number of rotatable bonds is 5. The predicted molar refractivity (Wildman–Crippen MR) is 67.2 cm³/mol. The molecular formula is C12H18BrNO. The van der Waals surface area contributed by atoms with Crippen molar-refractivity contribution in [3.05, 3.63) is 28.2 Å². The van der Waals surface area contributed by atoms with E-state index in [4.69, 9.17) is 4.74 Å². The molecule has 0 aliphatic rings. The lowest BCUT2D eigenvalue weighted by Gasteiger charge is -2.09. The molecule has 1 rings (SSSR count). The Morgan fingerprint density at radius 2 is 2.13 bits per heavy atom. The van der Waals surface area contributed by atoms with Gasteiger partial charge in [-0.25, -0.2) is 0 Å². The van der Waals surface area contributed by atoms with Crippen LogP contribution in [0.4, 0.5) is 0 Å². The highest BCUT2D eigenvalue weighted by molar-refractivity contribution is 9.10. The average molecular weight is 272 g/mol. The van der Waals surface area contributed by atoms with Crippen molar-refractivity contribution in [1.29, 1.82) is 0 Å². The summed E-state index contributed by atoms with van der Waals surface area (Å²) >= 11 is 3.48. The molecule has 1 aromatic carbocycles. The van der Waals surface area contributed by atoms with Crippen LogP contribution < -0.4 is 10.1 Å². The molecule has 0 atom stereocenters. The van der Waals surface area contributed by atoms with Gasteiger partial charge in [-0.1, -0.05) is 19.9 Å². The molecule has 1 N–H and O–H groups in total. The second kappa shape index (κ2) is 6.13. The first kappa shape index (κ1) is 12.5. The van der Waals surface area contributed by atoms with Crippen LogP contribution in [0.15, 0.2) is 22.7 Å². The lowest BCUT2D eigenvalue weighted by molar-refractivity contribution is 0.412. The highest BCUT2D eigenvalue weighted by Crippen LogP contribution is 2.25. The van der Waals surface area contributed by atoms with Gasteiger partial charge in [0, 0.05) is 6.54 Å². The van der Waals surface area contributed by atoms with E-state index in [-0.39, 0.29) is 0 Å². The number of benzene rings is 1. The van der Waals surface area contributed by atoms with Crippen LogP contribution in [-0.4, -0.2) is 13.7 Å². The van der Waals surface area contributed by atoms with Gasteiger partial charge in [0.2, 0.25) is 0 Å². The van der Waals surface area contributed by atoms with E-state index in [1.807, 2.05) is 6.07 Å². The van der Waals surface area contributed by atoms with E-state index < -0.39 is 0 Å². The summed E-state index contributed by atoms with van der Waals surface area (Å²) in [5.41, 5.74) is 1.27. The summed E-state index contributed by atoms with van der Waals surface area (Å²) < 4.78 is 6.18. The monoisotopic (exact) mass is 271 g/mol. The number of methoxy groups -OCH3 is 1. The van der Waals surface area contributed by atoms with E-state index in [0.29, 0.717) is 5.92 Å². The van der Waals surface area contributed by atoms with Crippen molar-refractivity contribution in [3.63, 3.8) is 0 Å². The van der Waals surface area contributed by atoms with Crippen LogP contribution >= 0.6 is 15.9 Å². The van der Waals surface area contributed by atoms with Gasteiger partial charge in [-0.2, -0.15) is 0 Å². The van der Waals surface area contributed by atoms with Gasteiger partial charge >= 0.3 is 0 Å². The van der Waals surface area contributed by atoms with E-state index in [1.165, 1.54) is 5.56 Å². The molecule has 0 bridgehead atoms. The van der Waals surface area contributed by atoms with Crippen molar-refractivity contribution < 1.29 is 4.74 Å². The largest absolute Gasteiger partial charge is 0.496 e. The average Bonchev–Trinajstić information content (AvgIpc) is 2.17. The summed E-state index contributed by atoms with van der Waals surface area (Å²) in [7, 11) is 1.68. The van der Waals surface area contributed by atoms with Gasteiger partial charge in [0.05, 0.1) is 11.6 Å². The zero-order valence-corrected chi connectivity index (χ0v) is 11.1. The Balaban J connectivity index is 2.52. The van der Waals surface area contributed by atoms with Crippen LogP contribution in [0.2, 0.25) is 0 Å². The van der Waals surface area contributed by atoms with Gasteiger partial charge in [-0.3, -0.25) is 0 Å². The van der Waals surface area contributed by atoms with Crippen molar-refractivity contribution in [2.45, 2.75) is 20.4 Å². The lowest BCUT2D eigenvalue weighted by atomic mass is 10.2. The highest BCUT2D eigenvalue weighted by atomic mass is 79.9. The molecular weight excluding hydrogens is 254 g/mol. The number of hydrogen-bond acceptors (Lipinski definition) is 2. The predicted octanol–water partition coefficient (Wildman–Crippen LogP) is 3.20. The van der Waals surface area contributed by atoms with Crippen molar-refractivity contribution in [3.8, 4) is 5.75 Å². The number of ether oxygens (including phenoxy) is 1.